The maximum Gasteiger partial charge on any atom is 0.410 e. The number of likely N-dealkylation sites (tertiary alicyclic amines) is 1. The first-order valence-electron chi connectivity index (χ1n) is 8.12. The maximum atomic E-state index is 12.8. The van der Waals surface area contributed by atoms with Crippen LogP contribution >= 0.6 is 0 Å². The van der Waals surface area contributed by atoms with Crippen LogP contribution in [0.15, 0.2) is 0 Å². The average molecular weight is 342 g/mol. The van der Waals surface area contributed by atoms with Crippen LogP contribution in [0.2, 0.25) is 0 Å². The van der Waals surface area contributed by atoms with Crippen LogP contribution < -0.4 is 0 Å². The Balaban J connectivity index is 2.10. The van der Waals surface area contributed by atoms with Gasteiger partial charge in [0, 0.05) is 13.0 Å². The molecule has 2 rings (SSSR count). The van der Waals surface area contributed by atoms with Gasteiger partial charge in [-0.25, -0.2) is 9.59 Å². The molecule has 2 heterocycles. The molecule has 0 bridgehead atoms. The smallest absolute Gasteiger partial charge is 0.410 e. The Kier molecular flexibility index (Phi) is 4.81. The van der Waals surface area contributed by atoms with Crippen molar-refractivity contribution in [3.8, 4) is 0 Å². The molecule has 24 heavy (non-hydrogen) atoms. The molecule has 2 amide bonds. The second-order valence-electron chi connectivity index (χ2n) is 7.72. The first kappa shape index (κ1) is 18.5. The van der Waals surface area contributed by atoms with Gasteiger partial charge in [-0.15, -0.1) is 0 Å². The maximum absolute atomic E-state index is 12.8. The van der Waals surface area contributed by atoms with Gasteiger partial charge in [0.25, 0.3) is 5.91 Å². The largest absolute Gasteiger partial charge is 0.480 e. The van der Waals surface area contributed by atoms with Crippen LogP contribution in [-0.4, -0.2) is 69.9 Å². The van der Waals surface area contributed by atoms with Gasteiger partial charge in [-0.2, -0.15) is 0 Å². The van der Waals surface area contributed by atoms with Crippen LogP contribution in [0.5, 0.6) is 0 Å². The van der Waals surface area contributed by atoms with Gasteiger partial charge in [-0.1, -0.05) is 13.8 Å². The minimum absolute atomic E-state index is 0.0733. The molecule has 0 unspecified atom stereocenters. The van der Waals surface area contributed by atoms with Gasteiger partial charge in [0.15, 0.2) is 5.60 Å². The summed E-state index contributed by atoms with van der Waals surface area (Å²) in [7, 11) is 0. The molecule has 2 aliphatic heterocycles. The number of carbonyl (C=O) groups excluding carboxylic acids is 2. The van der Waals surface area contributed by atoms with E-state index in [0.29, 0.717) is 13.0 Å². The van der Waals surface area contributed by atoms with Crippen molar-refractivity contribution in [1.82, 2.24) is 9.80 Å². The molecular formula is C16H26N2O6. The molecule has 0 aliphatic carbocycles. The summed E-state index contributed by atoms with van der Waals surface area (Å²) in [4.78, 5) is 39.1. The predicted molar refractivity (Wildman–Crippen MR) is 84.2 cm³/mol. The minimum Gasteiger partial charge on any atom is -0.480 e. The highest BCUT2D eigenvalue weighted by Gasteiger charge is 2.56. The molecule has 2 saturated heterocycles. The Labute approximate surface area is 141 Å². The van der Waals surface area contributed by atoms with Crippen molar-refractivity contribution in [3.05, 3.63) is 0 Å². The Bertz CT molecular complexity index is 541. The summed E-state index contributed by atoms with van der Waals surface area (Å²) in [5.41, 5.74) is -1.77. The Morgan fingerprint density at radius 3 is 2.46 bits per heavy atom. The van der Waals surface area contributed by atoms with E-state index in [1.165, 1.54) is 9.80 Å². The second-order valence-corrected chi connectivity index (χ2v) is 7.72. The monoisotopic (exact) mass is 342 g/mol. The highest BCUT2D eigenvalue weighted by Crippen LogP contribution is 2.35. The number of nitrogens with zero attached hydrogens (tertiary/aromatic N) is 2. The van der Waals surface area contributed by atoms with Gasteiger partial charge >= 0.3 is 12.1 Å². The number of aliphatic carboxylic acids is 1. The van der Waals surface area contributed by atoms with E-state index in [0.717, 1.165) is 0 Å². The van der Waals surface area contributed by atoms with E-state index >= 15 is 0 Å². The van der Waals surface area contributed by atoms with Crippen molar-refractivity contribution < 1.29 is 29.0 Å². The van der Waals surface area contributed by atoms with Gasteiger partial charge in [0.2, 0.25) is 0 Å². The zero-order valence-corrected chi connectivity index (χ0v) is 14.9. The zero-order valence-electron chi connectivity index (χ0n) is 14.9. The van der Waals surface area contributed by atoms with Crippen molar-refractivity contribution in [2.24, 2.45) is 5.92 Å². The van der Waals surface area contributed by atoms with Crippen LogP contribution in [0.25, 0.3) is 0 Å². The van der Waals surface area contributed by atoms with E-state index in [4.69, 9.17) is 9.47 Å². The first-order chi connectivity index (χ1) is 11.0. The minimum atomic E-state index is -1.15. The number of carboxylic acid groups (broad SMARTS) is 1. The summed E-state index contributed by atoms with van der Waals surface area (Å²) in [5.74, 6) is -1.66. The lowest BCUT2D eigenvalue weighted by Crippen LogP contribution is -2.51. The van der Waals surface area contributed by atoms with E-state index in [1.54, 1.807) is 34.6 Å². The highest BCUT2D eigenvalue weighted by molar-refractivity contribution is 5.92. The quantitative estimate of drug-likeness (QED) is 0.830. The zero-order chi connectivity index (χ0) is 18.3. The summed E-state index contributed by atoms with van der Waals surface area (Å²) >= 11 is 0. The molecule has 1 spiro atoms. The third-order valence-corrected chi connectivity index (χ3v) is 4.23. The van der Waals surface area contributed by atoms with E-state index in [1.807, 2.05) is 0 Å². The normalized spacial score (nSPS) is 25.7. The third kappa shape index (κ3) is 3.48. The second kappa shape index (κ2) is 6.23. The van der Waals surface area contributed by atoms with Crippen molar-refractivity contribution in [1.29, 1.82) is 0 Å². The Morgan fingerprint density at radius 2 is 1.96 bits per heavy atom. The van der Waals surface area contributed by atoms with Gasteiger partial charge in [0.05, 0.1) is 6.54 Å². The molecule has 136 valence electrons. The number of amides is 2. The number of hydrogen-bond acceptors (Lipinski definition) is 5. The molecule has 2 fully saturated rings. The fraction of sp³-hybridized carbons (Fsp3) is 0.812. The van der Waals surface area contributed by atoms with Crippen LogP contribution in [-0.2, 0) is 19.1 Å². The lowest BCUT2D eigenvalue weighted by atomic mass is 9.98. The van der Waals surface area contributed by atoms with Crippen LogP contribution in [0.3, 0.4) is 0 Å². The fourth-order valence-corrected chi connectivity index (χ4v) is 3.12. The van der Waals surface area contributed by atoms with Gasteiger partial charge in [-0.05, 0) is 26.7 Å². The summed E-state index contributed by atoms with van der Waals surface area (Å²) < 4.78 is 11.0. The number of carbonyl (C=O) groups is 3. The Morgan fingerprint density at radius 1 is 1.33 bits per heavy atom. The van der Waals surface area contributed by atoms with Crippen LogP contribution in [0.4, 0.5) is 4.79 Å². The standard InChI is InChI=1S/C16H26N2O6/c1-10(2)11(12(19)20)18-9-23-16(13(18)21)6-7-17(8-16)14(22)24-15(3,4)5/h10-11H,6-9H2,1-5H3,(H,19,20)/t11-,16-/m0/s1. The Hall–Kier alpha value is -1.83. The van der Waals surface area contributed by atoms with E-state index in [-0.39, 0.29) is 25.1 Å². The van der Waals surface area contributed by atoms with Crippen LogP contribution in [0, 0.1) is 5.92 Å². The lowest BCUT2D eigenvalue weighted by Gasteiger charge is -2.28. The van der Waals surface area contributed by atoms with E-state index in [2.05, 4.69) is 0 Å². The SMILES string of the molecule is CC(C)[C@@H](C(=O)O)N1CO[C@]2(CCN(C(=O)OC(C)(C)C)C2)C1=O. The number of carboxylic acids is 1. The number of hydrogen-bond donors (Lipinski definition) is 1. The van der Waals surface area contributed by atoms with E-state index < -0.39 is 29.3 Å². The van der Waals surface area contributed by atoms with Crippen molar-refractivity contribution in [2.75, 3.05) is 19.8 Å². The lowest BCUT2D eigenvalue weighted by molar-refractivity contribution is -0.151. The van der Waals surface area contributed by atoms with Crippen molar-refractivity contribution in [3.63, 3.8) is 0 Å². The molecule has 0 radical (unpaired) electrons. The van der Waals surface area contributed by atoms with Crippen molar-refractivity contribution >= 4 is 18.0 Å². The van der Waals surface area contributed by atoms with Crippen molar-refractivity contribution in [2.45, 2.75) is 58.3 Å². The molecule has 8 nitrogen and oxygen atoms in total. The van der Waals surface area contributed by atoms with Gasteiger partial charge < -0.3 is 24.4 Å². The summed E-state index contributed by atoms with van der Waals surface area (Å²) in [6, 6.07) is -0.938. The van der Waals surface area contributed by atoms with Gasteiger partial charge in [-0.3, -0.25) is 4.79 Å². The molecule has 0 aromatic rings. The number of ether oxygens (including phenoxy) is 2. The molecule has 0 saturated carbocycles. The summed E-state index contributed by atoms with van der Waals surface area (Å²) in [6.45, 7) is 9.17. The average Bonchev–Trinajstić information content (AvgIpc) is 2.97. The first-order valence-corrected chi connectivity index (χ1v) is 8.12. The molecular weight excluding hydrogens is 316 g/mol. The number of rotatable bonds is 3. The summed E-state index contributed by atoms with van der Waals surface area (Å²) in [6.07, 6.45) is -0.153. The fourth-order valence-electron chi connectivity index (χ4n) is 3.12. The van der Waals surface area contributed by atoms with E-state index in [9.17, 15) is 19.5 Å². The molecule has 0 aromatic heterocycles. The van der Waals surface area contributed by atoms with Crippen LogP contribution in [0.1, 0.15) is 41.0 Å². The predicted octanol–water partition coefficient (Wildman–Crippen LogP) is 1.29. The molecule has 0 aromatic carbocycles. The topological polar surface area (TPSA) is 96.4 Å². The van der Waals surface area contributed by atoms with Gasteiger partial charge in [0.1, 0.15) is 18.4 Å². The molecule has 2 aliphatic rings. The summed E-state index contributed by atoms with van der Waals surface area (Å²) in [5, 5.41) is 9.39. The molecule has 1 N–H and O–H groups in total. The highest BCUT2D eigenvalue weighted by atomic mass is 16.6. The molecule has 2 atom stereocenters. The third-order valence-electron chi connectivity index (χ3n) is 4.23. The molecule has 8 heteroatoms.